The molecule has 0 spiro atoms. The van der Waals surface area contributed by atoms with Crippen molar-refractivity contribution in [3.63, 3.8) is 0 Å². The molecule has 17 heavy (non-hydrogen) atoms. The SMILES string of the molecule is Cn1c(C2CSCCN2)nc2cc(Cl)ccc21. The normalized spacial score (nSPS) is 20.9. The molecule has 1 aromatic carbocycles. The first-order chi connectivity index (χ1) is 8.25. The predicted octanol–water partition coefficient (Wildman–Crippen LogP) is 2.60. The Labute approximate surface area is 110 Å². The molecule has 1 aromatic heterocycles. The summed E-state index contributed by atoms with van der Waals surface area (Å²) in [5.41, 5.74) is 2.12. The summed E-state index contributed by atoms with van der Waals surface area (Å²) in [6, 6.07) is 6.23. The smallest absolute Gasteiger partial charge is 0.127 e. The summed E-state index contributed by atoms with van der Waals surface area (Å²) in [5, 5.41) is 4.26. The van der Waals surface area contributed by atoms with Crippen molar-refractivity contribution in [2.45, 2.75) is 6.04 Å². The molecule has 0 amide bonds. The minimum absolute atomic E-state index is 0.352. The lowest BCUT2D eigenvalue weighted by Gasteiger charge is -2.22. The lowest BCUT2D eigenvalue weighted by Crippen LogP contribution is -2.32. The minimum atomic E-state index is 0.352. The number of aryl methyl sites for hydroxylation is 1. The van der Waals surface area contributed by atoms with E-state index in [9.17, 15) is 0 Å². The molecular weight excluding hydrogens is 254 g/mol. The number of nitrogens with one attached hydrogen (secondary N) is 1. The molecule has 90 valence electrons. The van der Waals surface area contributed by atoms with Crippen molar-refractivity contribution in [2.24, 2.45) is 7.05 Å². The Bertz CT molecular complexity index is 546. The molecule has 0 saturated carbocycles. The summed E-state index contributed by atoms with van der Waals surface area (Å²) >= 11 is 7.97. The highest BCUT2D eigenvalue weighted by Crippen LogP contribution is 2.26. The number of imidazole rings is 1. The Hall–Kier alpha value is -0.710. The first kappa shape index (κ1) is 11.4. The summed E-state index contributed by atoms with van der Waals surface area (Å²) in [6.45, 7) is 1.05. The van der Waals surface area contributed by atoms with Gasteiger partial charge in [0, 0.05) is 30.1 Å². The number of rotatable bonds is 1. The average Bonchev–Trinajstić information content (AvgIpc) is 2.67. The molecule has 1 N–H and O–H groups in total. The third kappa shape index (κ3) is 2.05. The van der Waals surface area contributed by atoms with E-state index in [0.717, 1.165) is 34.2 Å². The van der Waals surface area contributed by atoms with Crippen LogP contribution in [-0.2, 0) is 7.05 Å². The number of hydrogen-bond acceptors (Lipinski definition) is 3. The summed E-state index contributed by atoms with van der Waals surface area (Å²) in [7, 11) is 2.07. The number of halogens is 1. The largest absolute Gasteiger partial charge is 0.330 e. The van der Waals surface area contributed by atoms with Crippen molar-refractivity contribution >= 4 is 34.4 Å². The number of benzene rings is 1. The number of aromatic nitrogens is 2. The van der Waals surface area contributed by atoms with Crippen molar-refractivity contribution in [1.82, 2.24) is 14.9 Å². The fraction of sp³-hybridized carbons (Fsp3) is 0.417. The van der Waals surface area contributed by atoms with Crippen molar-refractivity contribution < 1.29 is 0 Å². The van der Waals surface area contributed by atoms with Gasteiger partial charge in [0.15, 0.2) is 0 Å². The van der Waals surface area contributed by atoms with E-state index in [1.807, 2.05) is 30.0 Å². The monoisotopic (exact) mass is 267 g/mol. The van der Waals surface area contributed by atoms with Crippen LogP contribution in [-0.4, -0.2) is 27.6 Å². The quantitative estimate of drug-likeness (QED) is 0.861. The van der Waals surface area contributed by atoms with Crippen LogP contribution in [0.25, 0.3) is 11.0 Å². The van der Waals surface area contributed by atoms with Gasteiger partial charge in [0.05, 0.1) is 17.1 Å². The first-order valence-electron chi connectivity index (χ1n) is 5.69. The number of fused-ring (bicyclic) bond motifs is 1. The van der Waals surface area contributed by atoms with E-state index >= 15 is 0 Å². The highest BCUT2D eigenvalue weighted by Gasteiger charge is 2.20. The highest BCUT2D eigenvalue weighted by atomic mass is 35.5. The van der Waals surface area contributed by atoms with Gasteiger partial charge in [0.1, 0.15) is 5.82 Å². The van der Waals surface area contributed by atoms with E-state index in [4.69, 9.17) is 16.6 Å². The predicted molar refractivity (Wildman–Crippen MR) is 73.8 cm³/mol. The van der Waals surface area contributed by atoms with Gasteiger partial charge in [-0.25, -0.2) is 4.98 Å². The number of nitrogens with zero attached hydrogens (tertiary/aromatic N) is 2. The summed E-state index contributed by atoms with van der Waals surface area (Å²) in [4.78, 5) is 4.70. The summed E-state index contributed by atoms with van der Waals surface area (Å²) in [5.74, 6) is 3.38. The maximum atomic E-state index is 6.00. The van der Waals surface area contributed by atoms with E-state index in [1.165, 1.54) is 5.75 Å². The molecule has 1 saturated heterocycles. The molecule has 1 atom stereocenters. The van der Waals surface area contributed by atoms with Crippen LogP contribution in [0.5, 0.6) is 0 Å². The van der Waals surface area contributed by atoms with E-state index in [-0.39, 0.29) is 0 Å². The van der Waals surface area contributed by atoms with Crippen molar-refractivity contribution in [3.8, 4) is 0 Å². The zero-order valence-corrected chi connectivity index (χ0v) is 11.2. The molecule has 0 aliphatic carbocycles. The lowest BCUT2D eigenvalue weighted by molar-refractivity contribution is 0.549. The van der Waals surface area contributed by atoms with Gasteiger partial charge in [0.2, 0.25) is 0 Å². The van der Waals surface area contributed by atoms with Crippen LogP contribution in [0.15, 0.2) is 18.2 Å². The van der Waals surface area contributed by atoms with Gasteiger partial charge in [-0.3, -0.25) is 0 Å². The first-order valence-corrected chi connectivity index (χ1v) is 7.22. The maximum Gasteiger partial charge on any atom is 0.127 e. The third-order valence-corrected chi connectivity index (χ3v) is 4.41. The molecule has 1 aliphatic heterocycles. The molecular formula is C12H14ClN3S. The van der Waals surface area contributed by atoms with Crippen molar-refractivity contribution in [3.05, 3.63) is 29.0 Å². The molecule has 0 bridgehead atoms. The molecule has 5 heteroatoms. The van der Waals surface area contributed by atoms with E-state index < -0.39 is 0 Å². The lowest BCUT2D eigenvalue weighted by atomic mass is 10.3. The zero-order chi connectivity index (χ0) is 11.8. The Balaban J connectivity index is 2.07. The van der Waals surface area contributed by atoms with Crippen LogP contribution in [0.4, 0.5) is 0 Å². The van der Waals surface area contributed by atoms with Gasteiger partial charge in [-0.1, -0.05) is 11.6 Å². The Morgan fingerprint density at radius 1 is 1.53 bits per heavy atom. The maximum absolute atomic E-state index is 6.00. The third-order valence-electron chi connectivity index (χ3n) is 3.11. The zero-order valence-electron chi connectivity index (χ0n) is 9.61. The van der Waals surface area contributed by atoms with Crippen molar-refractivity contribution in [1.29, 1.82) is 0 Å². The van der Waals surface area contributed by atoms with Crippen LogP contribution in [0.1, 0.15) is 11.9 Å². The molecule has 1 aliphatic rings. The molecule has 1 fully saturated rings. The van der Waals surface area contributed by atoms with Gasteiger partial charge in [-0.05, 0) is 18.2 Å². The minimum Gasteiger partial charge on any atom is -0.330 e. The van der Waals surface area contributed by atoms with E-state index in [2.05, 4.69) is 16.9 Å². The van der Waals surface area contributed by atoms with Gasteiger partial charge in [-0.2, -0.15) is 11.8 Å². The van der Waals surface area contributed by atoms with E-state index in [0.29, 0.717) is 6.04 Å². The molecule has 3 nitrogen and oxygen atoms in total. The number of thioether (sulfide) groups is 1. The van der Waals surface area contributed by atoms with Gasteiger partial charge >= 0.3 is 0 Å². The molecule has 1 unspecified atom stereocenters. The molecule has 3 rings (SSSR count). The Kier molecular flexibility index (Phi) is 3.03. The summed E-state index contributed by atoms with van der Waals surface area (Å²) in [6.07, 6.45) is 0. The van der Waals surface area contributed by atoms with Gasteiger partial charge in [0.25, 0.3) is 0 Å². The highest BCUT2D eigenvalue weighted by molar-refractivity contribution is 7.99. The van der Waals surface area contributed by atoms with Crippen LogP contribution in [0.3, 0.4) is 0 Å². The van der Waals surface area contributed by atoms with Crippen LogP contribution < -0.4 is 5.32 Å². The second-order valence-corrected chi connectivity index (χ2v) is 5.83. The van der Waals surface area contributed by atoms with Crippen LogP contribution in [0.2, 0.25) is 5.02 Å². The fourth-order valence-corrected chi connectivity index (χ4v) is 3.33. The molecule has 2 aromatic rings. The van der Waals surface area contributed by atoms with Gasteiger partial charge < -0.3 is 9.88 Å². The number of hydrogen-bond donors (Lipinski definition) is 1. The second-order valence-electron chi connectivity index (χ2n) is 4.24. The van der Waals surface area contributed by atoms with Crippen LogP contribution >= 0.6 is 23.4 Å². The topological polar surface area (TPSA) is 29.9 Å². The van der Waals surface area contributed by atoms with E-state index in [1.54, 1.807) is 0 Å². The van der Waals surface area contributed by atoms with Crippen LogP contribution in [0, 0.1) is 0 Å². The standard InChI is InChI=1S/C12H14ClN3S/c1-16-11-3-2-8(13)6-9(11)15-12(16)10-7-17-5-4-14-10/h2-3,6,10,14H,4-5,7H2,1H3. The average molecular weight is 268 g/mol. The Morgan fingerprint density at radius 3 is 3.18 bits per heavy atom. The Morgan fingerprint density at radius 2 is 2.41 bits per heavy atom. The van der Waals surface area contributed by atoms with Crippen molar-refractivity contribution in [2.75, 3.05) is 18.1 Å². The second kappa shape index (κ2) is 4.52. The fourth-order valence-electron chi connectivity index (χ4n) is 2.23. The van der Waals surface area contributed by atoms with Gasteiger partial charge in [-0.15, -0.1) is 0 Å². The molecule has 0 radical (unpaired) electrons. The summed E-state index contributed by atoms with van der Waals surface area (Å²) < 4.78 is 2.16. The molecule has 2 heterocycles.